The summed E-state index contributed by atoms with van der Waals surface area (Å²) in [6.07, 6.45) is 0. The lowest BCUT2D eigenvalue weighted by atomic mass is 9.95. The standard InChI is InChI=1S/C20H19ClFN3OS/c1-20(2,12-21)18(26)23-15-7-3-5-13(9-15)17-11-27-19(25-17)24-16-8-4-6-14(22)10-16/h3-11H,12H2,1-2H3,(H,23,26)(H,24,25). The van der Waals surface area contributed by atoms with E-state index in [4.69, 9.17) is 11.6 Å². The van der Waals surface area contributed by atoms with Gasteiger partial charge in [-0.3, -0.25) is 4.79 Å². The Labute approximate surface area is 166 Å². The quantitative estimate of drug-likeness (QED) is 0.504. The number of carbonyl (C=O) groups is 1. The number of thiazole rings is 1. The van der Waals surface area contributed by atoms with Crippen molar-refractivity contribution in [1.29, 1.82) is 0 Å². The molecule has 0 aliphatic carbocycles. The van der Waals surface area contributed by atoms with Crippen molar-refractivity contribution in [2.24, 2.45) is 5.41 Å². The maximum atomic E-state index is 13.3. The Bertz CT molecular complexity index is 958. The minimum Gasteiger partial charge on any atom is -0.331 e. The van der Waals surface area contributed by atoms with Crippen LogP contribution in [-0.4, -0.2) is 16.8 Å². The van der Waals surface area contributed by atoms with Crippen LogP contribution in [0.15, 0.2) is 53.9 Å². The Kier molecular flexibility index (Phi) is 5.77. The summed E-state index contributed by atoms with van der Waals surface area (Å²) in [7, 11) is 0. The Morgan fingerprint density at radius 1 is 1.19 bits per heavy atom. The van der Waals surface area contributed by atoms with Gasteiger partial charge in [-0.05, 0) is 44.2 Å². The second-order valence-corrected chi connectivity index (χ2v) is 7.85. The average Bonchev–Trinajstić information content (AvgIpc) is 3.10. The highest BCUT2D eigenvalue weighted by atomic mass is 35.5. The van der Waals surface area contributed by atoms with Crippen LogP contribution in [0, 0.1) is 11.2 Å². The molecule has 2 N–H and O–H groups in total. The third-order valence-corrected chi connectivity index (χ3v) is 5.37. The van der Waals surface area contributed by atoms with E-state index < -0.39 is 5.41 Å². The van der Waals surface area contributed by atoms with Crippen LogP contribution in [-0.2, 0) is 4.79 Å². The zero-order valence-electron chi connectivity index (χ0n) is 14.9. The normalized spacial score (nSPS) is 11.3. The summed E-state index contributed by atoms with van der Waals surface area (Å²) in [6.45, 7) is 3.59. The first kappa shape index (κ1) is 19.3. The molecule has 7 heteroatoms. The number of anilines is 3. The summed E-state index contributed by atoms with van der Waals surface area (Å²) < 4.78 is 13.3. The minimum atomic E-state index is -0.653. The summed E-state index contributed by atoms with van der Waals surface area (Å²) in [6, 6.07) is 13.7. The predicted octanol–water partition coefficient (Wildman–Crippen LogP) is 5.90. The van der Waals surface area contributed by atoms with E-state index in [-0.39, 0.29) is 17.6 Å². The second-order valence-electron chi connectivity index (χ2n) is 6.73. The van der Waals surface area contributed by atoms with Gasteiger partial charge in [0.15, 0.2) is 5.13 Å². The summed E-state index contributed by atoms with van der Waals surface area (Å²) in [5.74, 6) is -0.207. The van der Waals surface area contributed by atoms with Crippen molar-refractivity contribution in [3.63, 3.8) is 0 Å². The Morgan fingerprint density at radius 3 is 2.67 bits per heavy atom. The van der Waals surface area contributed by atoms with Gasteiger partial charge in [0.1, 0.15) is 5.82 Å². The zero-order chi connectivity index (χ0) is 19.4. The molecular formula is C20H19ClFN3OS. The lowest BCUT2D eigenvalue weighted by Gasteiger charge is -2.20. The Hall–Kier alpha value is -2.44. The monoisotopic (exact) mass is 403 g/mol. The number of amides is 1. The third-order valence-electron chi connectivity index (χ3n) is 3.95. The lowest BCUT2D eigenvalue weighted by Crippen LogP contribution is -2.32. The summed E-state index contributed by atoms with van der Waals surface area (Å²) in [5, 5.41) is 8.55. The van der Waals surface area contributed by atoms with Crippen LogP contribution < -0.4 is 10.6 Å². The molecule has 3 rings (SSSR count). The smallest absolute Gasteiger partial charge is 0.231 e. The molecule has 0 aliphatic rings. The number of aromatic nitrogens is 1. The molecule has 0 fully saturated rings. The maximum absolute atomic E-state index is 13.3. The van der Waals surface area contributed by atoms with E-state index in [1.807, 2.05) is 29.6 Å². The minimum absolute atomic E-state index is 0.138. The highest BCUT2D eigenvalue weighted by Crippen LogP contribution is 2.29. The molecule has 0 spiro atoms. The van der Waals surface area contributed by atoms with Crippen molar-refractivity contribution in [2.75, 3.05) is 16.5 Å². The van der Waals surface area contributed by atoms with Crippen molar-refractivity contribution >= 4 is 45.4 Å². The summed E-state index contributed by atoms with van der Waals surface area (Å²) >= 11 is 7.28. The first-order chi connectivity index (χ1) is 12.9. The molecule has 1 heterocycles. The summed E-state index contributed by atoms with van der Waals surface area (Å²) in [5.41, 5.74) is 2.32. The number of alkyl halides is 1. The van der Waals surface area contributed by atoms with Gasteiger partial charge in [-0.1, -0.05) is 18.2 Å². The van der Waals surface area contributed by atoms with Crippen LogP contribution >= 0.6 is 22.9 Å². The van der Waals surface area contributed by atoms with E-state index in [0.717, 1.165) is 11.3 Å². The largest absolute Gasteiger partial charge is 0.331 e. The lowest BCUT2D eigenvalue weighted by molar-refractivity contribution is -0.122. The molecule has 4 nitrogen and oxygen atoms in total. The molecule has 0 aliphatic heterocycles. The number of nitrogens with zero attached hydrogens (tertiary/aromatic N) is 1. The molecule has 1 amide bonds. The van der Waals surface area contributed by atoms with Crippen LogP contribution in [0.1, 0.15) is 13.8 Å². The van der Waals surface area contributed by atoms with Crippen molar-refractivity contribution < 1.29 is 9.18 Å². The molecule has 1 aromatic heterocycles. The summed E-state index contributed by atoms with van der Waals surface area (Å²) in [4.78, 5) is 16.8. The van der Waals surface area contributed by atoms with Gasteiger partial charge in [-0.25, -0.2) is 9.37 Å². The van der Waals surface area contributed by atoms with Gasteiger partial charge in [0, 0.05) is 28.2 Å². The molecule has 0 saturated heterocycles. The molecule has 0 atom stereocenters. The van der Waals surface area contributed by atoms with Crippen LogP contribution in [0.2, 0.25) is 0 Å². The average molecular weight is 404 g/mol. The second kappa shape index (κ2) is 8.06. The maximum Gasteiger partial charge on any atom is 0.231 e. The van der Waals surface area contributed by atoms with Crippen LogP contribution in [0.25, 0.3) is 11.3 Å². The van der Waals surface area contributed by atoms with Gasteiger partial charge in [-0.2, -0.15) is 0 Å². The van der Waals surface area contributed by atoms with E-state index in [1.165, 1.54) is 23.5 Å². The number of benzene rings is 2. The third kappa shape index (κ3) is 4.84. The molecular weight excluding hydrogens is 385 g/mol. The highest BCUT2D eigenvalue weighted by molar-refractivity contribution is 7.14. The molecule has 140 valence electrons. The first-order valence-corrected chi connectivity index (χ1v) is 9.75. The van der Waals surface area contributed by atoms with Gasteiger partial charge >= 0.3 is 0 Å². The van der Waals surface area contributed by atoms with E-state index in [1.54, 1.807) is 26.0 Å². The van der Waals surface area contributed by atoms with Crippen LogP contribution in [0.3, 0.4) is 0 Å². The molecule has 0 bridgehead atoms. The van der Waals surface area contributed by atoms with Crippen LogP contribution in [0.4, 0.5) is 20.9 Å². The van der Waals surface area contributed by atoms with Gasteiger partial charge in [0.25, 0.3) is 0 Å². The highest BCUT2D eigenvalue weighted by Gasteiger charge is 2.26. The van der Waals surface area contributed by atoms with Gasteiger partial charge in [0.05, 0.1) is 11.1 Å². The number of rotatable bonds is 6. The van der Waals surface area contributed by atoms with E-state index in [0.29, 0.717) is 16.5 Å². The fourth-order valence-corrected chi connectivity index (χ4v) is 3.13. The van der Waals surface area contributed by atoms with E-state index in [2.05, 4.69) is 15.6 Å². The van der Waals surface area contributed by atoms with Crippen molar-refractivity contribution in [1.82, 2.24) is 4.98 Å². The molecule has 3 aromatic rings. The number of nitrogens with one attached hydrogen (secondary N) is 2. The topological polar surface area (TPSA) is 54.0 Å². The molecule has 2 aromatic carbocycles. The Balaban J connectivity index is 1.76. The fourth-order valence-electron chi connectivity index (χ4n) is 2.27. The first-order valence-electron chi connectivity index (χ1n) is 8.33. The van der Waals surface area contributed by atoms with Crippen molar-refractivity contribution in [2.45, 2.75) is 13.8 Å². The number of hydrogen-bond donors (Lipinski definition) is 2. The van der Waals surface area contributed by atoms with Gasteiger partial charge in [0.2, 0.25) is 5.91 Å². The molecule has 27 heavy (non-hydrogen) atoms. The number of carbonyl (C=O) groups excluding carboxylic acids is 1. The molecule has 0 saturated carbocycles. The SMILES string of the molecule is CC(C)(CCl)C(=O)Nc1cccc(-c2csc(Nc3cccc(F)c3)n2)c1. The zero-order valence-corrected chi connectivity index (χ0v) is 16.5. The van der Waals surface area contributed by atoms with Crippen molar-refractivity contribution in [3.8, 4) is 11.3 Å². The van der Waals surface area contributed by atoms with Crippen molar-refractivity contribution in [3.05, 3.63) is 59.7 Å². The van der Waals surface area contributed by atoms with Crippen LogP contribution in [0.5, 0.6) is 0 Å². The van der Waals surface area contributed by atoms with Gasteiger partial charge in [-0.15, -0.1) is 22.9 Å². The molecule has 0 unspecified atom stereocenters. The Morgan fingerprint density at radius 2 is 1.93 bits per heavy atom. The van der Waals surface area contributed by atoms with E-state index in [9.17, 15) is 9.18 Å². The fraction of sp³-hybridized carbons (Fsp3) is 0.200. The number of halogens is 2. The van der Waals surface area contributed by atoms with E-state index >= 15 is 0 Å². The predicted molar refractivity (Wildman–Crippen MR) is 110 cm³/mol. The van der Waals surface area contributed by atoms with Gasteiger partial charge < -0.3 is 10.6 Å². The molecule has 0 radical (unpaired) electrons. The number of hydrogen-bond acceptors (Lipinski definition) is 4.